The lowest BCUT2D eigenvalue weighted by molar-refractivity contribution is 0.0572. The van der Waals surface area contributed by atoms with Crippen molar-refractivity contribution in [1.82, 2.24) is 4.90 Å². The molecule has 2 atom stereocenters. The SMILES string of the molecule is CCCCN1CC(O)C(O)C1. The molecule has 2 unspecified atom stereocenters. The van der Waals surface area contributed by atoms with Gasteiger partial charge in [0.25, 0.3) is 0 Å². The number of nitrogens with zero attached hydrogens (tertiary/aromatic N) is 1. The van der Waals surface area contributed by atoms with Crippen molar-refractivity contribution in [3.63, 3.8) is 0 Å². The maximum atomic E-state index is 9.18. The van der Waals surface area contributed by atoms with Gasteiger partial charge in [0.2, 0.25) is 0 Å². The molecule has 0 amide bonds. The maximum absolute atomic E-state index is 9.18. The Balaban J connectivity index is 2.18. The summed E-state index contributed by atoms with van der Waals surface area (Å²) in [5.74, 6) is 0. The van der Waals surface area contributed by atoms with E-state index in [1.54, 1.807) is 0 Å². The smallest absolute Gasteiger partial charge is 0.0938 e. The molecule has 0 radical (unpaired) electrons. The topological polar surface area (TPSA) is 43.7 Å². The van der Waals surface area contributed by atoms with E-state index in [1.165, 1.54) is 6.42 Å². The molecule has 0 aromatic carbocycles. The average Bonchev–Trinajstić information content (AvgIpc) is 2.28. The lowest BCUT2D eigenvalue weighted by atomic mass is 10.3. The molecule has 1 fully saturated rings. The van der Waals surface area contributed by atoms with Gasteiger partial charge in [-0.2, -0.15) is 0 Å². The minimum Gasteiger partial charge on any atom is -0.389 e. The molecule has 0 aromatic rings. The minimum absolute atomic E-state index is 0.521. The highest BCUT2D eigenvalue weighted by molar-refractivity contribution is 4.82. The standard InChI is InChI=1S/C8H17NO2/c1-2-3-4-9-5-7(10)8(11)6-9/h7-8,10-11H,2-6H2,1H3. The van der Waals surface area contributed by atoms with E-state index in [4.69, 9.17) is 0 Å². The Morgan fingerprint density at radius 3 is 2.27 bits per heavy atom. The highest BCUT2D eigenvalue weighted by atomic mass is 16.3. The monoisotopic (exact) mass is 159 g/mol. The Morgan fingerprint density at radius 1 is 1.27 bits per heavy atom. The normalized spacial score (nSPS) is 33.0. The van der Waals surface area contributed by atoms with Gasteiger partial charge in [0.1, 0.15) is 0 Å². The van der Waals surface area contributed by atoms with Crippen LogP contribution in [0.25, 0.3) is 0 Å². The zero-order chi connectivity index (χ0) is 8.27. The van der Waals surface area contributed by atoms with Crippen molar-refractivity contribution >= 4 is 0 Å². The summed E-state index contributed by atoms with van der Waals surface area (Å²) in [5, 5.41) is 18.4. The third kappa shape index (κ3) is 2.43. The molecule has 1 saturated heterocycles. The van der Waals surface area contributed by atoms with Crippen LogP contribution in [0.1, 0.15) is 19.8 Å². The van der Waals surface area contributed by atoms with E-state index < -0.39 is 12.2 Å². The van der Waals surface area contributed by atoms with Gasteiger partial charge in [-0.05, 0) is 13.0 Å². The van der Waals surface area contributed by atoms with Gasteiger partial charge < -0.3 is 10.2 Å². The molecule has 1 rings (SSSR count). The number of aliphatic hydroxyl groups is 2. The van der Waals surface area contributed by atoms with Crippen molar-refractivity contribution in [3.05, 3.63) is 0 Å². The van der Waals surface area contributed by atoms with Crippen LogP contribution in [0.2, 0.25) is 0 Å². The third-order valence-corrected chi connectivity index (χ3v) is 2.16. The molecule has 1 aliphatic heterocycles. The van der Waals surface area contributed by atoms with Crippen LogP contribution in [0.3, 0.4) is 0 Å². The number of hydrogen-bond donors (Lipinski definition) is 2. The molecular formula is C8H17NO2. The van der Waals surface area contributed by atoms with Gasteiger partial charge in [-0.1, -0.05) is 13.3 Å². The fourth-order valence-corrected chi connectivity index (χ4v) is 1.41. The number of unbranched alkanes of at least 4 members (excludes halogenated alkanes) is 1. The summed E-state index contributed by atoms with van der Waals surface area (Å²) in [7, 11) is 0. The van der Waals surface area contributed by atoms with E-state index in [2.05, 4.69) is 11.8 Å². The van der Waals surface area contributed by atoms with Crippen molar-refractivity contribution in [1.29, 1.82) is 0 Å². The van der Waals surface area contributed by atoms with Crippen LogP contribution in [0.15, 0.2) is 0 Å². The van der Waals surface area contributed by atoms with Crippen molar-refractivity contribution < 1.29 is 10.2 Å². The van der Waals surface area contributed by atoms with Gasteiger partial charge >= 0.3 is 0 Å². The zero-order valence-electron chi connectivity index (χ0n) is 7.03. The summed E-state index contributed by atoms with van der Waals surface area (Å²) in [5.41, 5.74) is 0. The van der Waals surface area contributed by atoms with Crippen LogP contribution in [0, 0.1) is 0 Å². The largest absolute Gasteiger partial charge is 0.389 e. The average molecular weight is 159 g/mol. The molecule has 3 heteroatoms. The summed E-state index contributed by atoms with van der Waals surface area (Å²) in [6, 6.07) is 0. The first-order chi connectivity index (χ1) is 5.24. The number of rotatable bonds is 3. The van der Waals surface area contributed by atoms with Crippen molar-refractivity contribution in [2.75, 3.05) is 19.6 Å². The fraction of sp³-hybridized carbons (Fsp3) is 1.00. The zero-order valence-corrected chi connectivity index (χ0v) is 7.03. The van der Waals surface area contributed by atoms with E-state index in [-0.39, 0.29) is 0 Å². The van der Waals surface area contributed by atoms with Crippen LogP contribution in [0.5, 0.6) is 0 Å². The number of β-amino-alcohol motifs (C(OH)–C–C–N with tert-alkyl or cyclic N) is 2. The van der Waals surface area contributed by atoms with Gasteiger partial charge in [0.05, 0.1) is 12.2 Å². The van der Waals surface area contributed by atoms with Crippen molar-refractivity contribution in [2.24, 2.45) is 0 Å². The van der Waals surface area contributed by atoms with Gasteiger partial charge in [-0.3, -0.25) is 4.90 Å². The summed E-state index contributed by atoms with van der Waals surface area (Å²) in [6.45, 7) is 4.43. The lowest BCUT2D eigenvalue weighted by Gasteiger charge is -2.12. The second-order valence-electron chi connectivity index (χ2n) is 3.25. The fourth-order valence-electron chi connectivity index (χ4n) is 1.41. The first-order valence-corrected chi connectivity index (χ1v) is 4.32. The molecule has 11 heavy (non-hydrogen) atoms. The molecule has 66 valence electrons. The summed E-state index contributed by atoms with van der Waals surface area (Å²) in [6.07, 6.45) is 1.28. The second kappa shape index (κ2) is 4.04. The van der Waals surface area contributed by atoms with E-state index in [0.29, 0.717) is 13.1 Å². The van der Waals surface area contributed by atoms with Gasteiger partial charge in [-0.15, -0.1) is 0 Å². The van der Waals surface area contributed by atoms with Crippen LogP contribution in [-0.2, 0) is 0 Å². The minimum atomic E-state index is -0.521. The van der Waals surface area contributed by atoms with Crippen molar-refractivity contribution in [3.8, 4) is 0 Å². The molecule has 1 heterocycles. The van der Waals surface area contributed by atoms with Crippen LogP contribution < -0.4 is 0 Å². The lowest BCUT2D eigenvalue weighted by Crippen LogP contribution is -2.22. The second-order valence-corrected chi connectivity index (χ2v) is 3.25. The molecule has 0 aliphatic carbocycles. The predicted molar refractivity (Wildman–Crippen MR) is 43.4 cm³/mol. The molecule has 0 saturated carbocycles. The van der Waals surface area contributed by atoms with Gasteiger partial charge in [-0.25, -0.2) is 0 Å². The summed E-state index contributed by atoms with van der Waals surface area (Å²) >= 11 is 0. The Hall–Kier alpha value is -0.120. The first kappa shape index (κ1) is 8.97. The number of hydrogen-bond acceptors (Lipinski definition) is 3. The third-order valence-electron chi connectivity index (χ3n) is 2.16. The van der Waals surface area contributed by atoms with Crippen LogP contribution in [-0.4, -0.2) is 47.0 Å². The number of likely N-dealkylation sites (tertiary alicyclic amines) is 1. The molecule has 0 spiro atoms. The van der Waals surface area contributed by atoms with E-state index in [0.717, 1.165) is 13.0 Å². The van der Waals surface area contributed by atoms with Gasteiger partial charge in [0, 0.05) is 13.1 Å². The van der Waals surface area contributed by atoms with Crippen LogP contribution in [0.4, 0.5) is 0 Å². The Labute approximate surface area is 67.6 Å². The summed E-state index contributed by atoms with van der Waals surface area (Å²) in [4.78, 5) is 2.11. The molecule has 1 aliphatic rings. The quantitative estimate of drug-likeness (QED) is 0.600. The molecule has 2 N–H and O–H groups in total. The summed E-state index contributed by atoms with van der Waals surface area (Å²) < 4.78 is 0. The van der Waals surface area contributed by atoms with E-state index >= 15 is 0 Å². The maximum Gasteiger partial charge on any atom is 0.0938 e. The van der Waals surface area contributed by atoms with Gasteiger partial charge in [0.15, 0.2) is 0 Å². The van der Waals surface area contributed by atoms with Crippen LogP contribution >= 0.6 is 0 Å². The Kier molecular flexibility index (Phi) is 3.30. The predicted octanol–water partition coefficient (Wildman–Crippen LogP) is -0.176. The Morgan fingerprint density at radius 2 is 1.82 bits per heavy atom. The number of aliphatic hydroxyl groups excluding tert-OH is 2. The van der Waals surface area contributed by atoms with E-state index in [9.17, 15) is 10.2 Å². The molecule has 0 bridgehead atoms. The highest BCUT2D eigenvalue weighted by Crippen LogP contribution is 2.10. The Bertz CT molecular complexity index is 109. The molecule has 0 aromatic heterocycles. The molecular weight excluding hydrogens is 142 g/mol. The van der Waals surface area contributed by atoms with Crippen molar-refractivity contribution in [2.45, 2.75) is 32.0 Å². The first-order valence-electron chi connectivity index (χ1n) is 4.32. The highest BCUT2D eigenvalue weighted by Gasteiger charge is 2.28. The van der Waals surface area contributed by atoms with E-state index in [1.807, 2.05) is 0 Å². The molecule has 3 nitrogen and oxygen atoms in total.